The van der Waals surface area contributed by atoms with Gasteiger partial charge in [-0.1, -0.05) is 43.7 Å². The highest BCUT2D eigenvalue weighted by atomic mass is 16.1. The minimum atomic E-state index is -0.343. The third-order valence-electron chi connectivity index (χ3n) is 2.55. The van der Waals surface area contributed by atoms with Crippen LogP contribution in [0, 0.1) is 12.3 Å². The Hall–Kier alpha value is -1.15. The van der Waals surface area contributed by atoms with E-state index in [1.807, 2.05) is 52.1 Å². The van der Waals surface area contributed by atoms with Crippen LogP contribution < -0.4 is 5.32 Å². The molecule has 82 valence electrons. The minimum absolute atomic E-state index is 0.192. The third kappa shape index (κ3) is 2.90. The SMILES string of the molecule is CNCC(C)(C)C(=O)c1ccc(C)cc1. The Balaban J connectivity index is 2.89. The molecule has 0 bridgehead atoms. The monoisotopic (exact) mass is 205 g/mol. The van der Waals surface area contributed by atoms with Crippen molar-refractivity contribution in [3.63, 3.8) is 0 Å². The van der Waals surface area contributed by atoms with Gasteiger partial charge in [-0.05, 0) is 14.0 Å². The maximum Gasteiger partial charge on any atom is 0.169 e. The fourth-order valence-electron chi connectivity index (χ4n) is 1.62. The highest BCUT2D eigenvalue weighted by Gasteiger charge is 2.27. The molecule has 0 spiro atoms. The summed E-state index contributed by atoms with van der Waals surface area (Å²) in [5.41, 5.74) is 1.63. The molecular weight excluding hydrogens is 186 g/mol. The lowest BCUT2D eigenvalue weighted by atomic mass is 9.84. The second-order valence-corrected chi connectivity index (χ2v) is 4.61. The summed E-state index contributed by atoms with van der Waals surface area (Å²) in [7, 11) is 1.87. The molecule has 0 saturated carbocycles. The first-order valence-electron chi connectivity index (χ1n) is 5.23. The lowest BCUT2D eigenvalue weighted by Crippen LogP contribution is -2.34. The van der Waals surface area contributed by atoms with E-state index in [0.29, 0.717) is 6.54 Å². The average molecular weight is 205 g/mol. The molecule has 1 rings (SSSR count). The Morgan fingerprint density at radius 2 is 1.80 bits per heavy atom. The predicted molar refractivity (Wildman–Crippen MR) is 63.2 cm³/mol. The third-order valence-corrected chi connectivity index (χ3v) is 2.55. The Morgan fingerprint density at radius 3 is 2.27 bits per heavy atom. The summed E-state index contributed by atoms with van der Waals surface area (Å²) >= 11 is 0. The Bertz CT molecular complexity index is 338. The molecule has 0 atom stereocenters. The fourth-order valence-corrected chi connectivity index (χ4v) is 1.62. The molecular formula is C13H19NO. The number of aryl methyl sites for hydroxylation is 1. The summed E-state index contributed by atoms with van der Waals surface area (Å²) in [4.78, 5) is 12.1. The molecule has 0 radical (unpaired) electrons. The predicted octanol–water partition coefficient (Wildman–Crippen LogP) is 2.42. The van der Waals surface area contributed by atoms with Crippen LogP contribution in [0.4, 0.5) is 0 Å². The van der Waals surface area contributed by atoms with Crippen molar-refractivity contribution in [1.82, 2.24) is 5.32 Å². The quantitative estimate of drug-likeness (QED) is 0.765. The van der Waals surface area contributed by atoms with E-state index >= 15 is 0 Å². The van der Waals surface area contributed by atoms with Gasteiger partial charge < -0.3 is 5.32 Å². The van der Waals surface area contributed by atoms with E-state index in [1.165, 1.54) is 5.56 Å². The molecule has 1 N–H and O–H groups in total. The normalized spacial score (nSPS) is 11.5. The highest BCUT2D eigenvalue weighted by molar-refractivity contribution is 6.00. The lowest BCUT2D eigenvalue weighted by molar-refractivity contribution is 0.0839. The summed E-state index contributed by atoms with van der Waals surface area (Å²) in [5.74, 6) is 0.192. The number of carbonyl (C=O) groups is 1. The molecule has 0 amide bonds. The smallest absolute Gasteiger partial charge is 0.169 e. The lowest BCUT2D eigenvalue weighted by Gasteiger charge is -2.22. The van der Waals surface area contributed by atoms with Gasteiger partial charge in [0.25, 0.3) is 0 Å². The van der Waals surface area contributed by atoms with Gasteiger partial charge >= 0.3 is 0 Å². The van der Waals surface area contributed by atoms with Crippen LogP contribution in [0.5, 0.6) is 0 Å². The maximum atomic E-state index is 12.1. The zero-order chi connectivity index (χ0) is 11.5. The van der Waals surface area contributed by atoms with Gasteiger partial charge in [-0.2, -0.15) is 0 Å². The van der Waals surface area contributed by atoms with Crippen molar-refractivity contribution < 1.29 is 4.79 Å². The van der Waals surface area contributed by atoms with Crippen LogP contribution in [0.15, 0.2) is 24.3 Å². The van der Waals surface area contributed by atoms with Crippen LogP contribution in [0.2, 0.25) is 0 Å². The van der Waals surface area contributed by atoms with Crippen LogP contribution in [-0.4, -0.2) is 19.4 Å². The average Bonchev–Trinajstić information content (AvgIpc) is 2.18. The Morgan fingerprint density at radius 1 is 1.27 bits per heavy atom. The second-order valence-electron chi connectivity index (χ2n) is 4.61. The summed E-state index contributed by atoms with van der Waals surface area (Å²) in [6.45, 7) is 6.64. The van der Waals surface area contributed by atoms with Crippen molar-refractivity contribution in [3.8, 4) is 0 Å². The number of benzene rings is 1. The first-order chi connectivity index (χ1) is 6.97. The molecule has 0 aliphatic rings. The number of rotatable bonds is 4. The first kappa shape index (κ1) is 11.9. The number of hydrogen-bond donors (Lipinski definition) is 1. The number of ketones is 1. The van der Waals surface area contributed by atoms with Gasteiger partial charge in [0.15, 0.2) is 5.78 Å². The van der Waals surface area contributed by atoms with Crippen molar-refractivity contribution in [3.05, 3.63) is 35.4 Å². The topological polar surface area (TPSA) is 29.1 Å². The molecule has 0 aromatic heterocycles. The van der Waals surface area contributed by atoms with Gasteiger partial charge in [-0.25, -0.2) is 0 Å². The molecule has 0 heterocycles. The van der Waals surface area contributed by atoms with Crippen molar-refractivity contribution >= 4 is 5.78 Å². The summed E-state index contributed by atoms with van der Waals surface area (Å²) in [6, 6.07) is 7.75. The molecule has 1 aromatic carbocycles. The number of carbonyl (C=O) groups excluding carboxylic acids is 1. The largest absolute Gasteiger partial charge is 0.319 e. The molecule has 2 nitrogen and oxygen atoms in total. The van der Waals surface area contributed by atoms with Gasteiger partial charge in [-0.3, -0.25) is 4.79 Å². The van der Waals surface area contributed by atoms with Gasteiger partial charge in [-0.15, -0.1) is 0 Å². The summed E-state index contributed by atoms with van der Waals surface area (Å²) in [5, 5.41) is 3.05. The van der Waals surface area contributed by atoms with E-state index < -0.39 is 0 Å². The van der Waals surface area contributed by atoms with E-state index in [1.54, 1.807) is 0 Å². The molecule has 15 heavy (non-hydrogen) atoms. The molecule has 1 aromatic rings. The molecule has 2 heteroatoms. The van der Waals surface area contributed by atoms with Crippen molar-refractivity contribution in [2.24, 2.45) is 5.41 Å². The van der Waals surface area contributed by atoms with Crippen LogP contribution in [0.3, 0.4) is 0 Å². The van der Waals surface area contributed by atoms with Crippen LogP contribution in [0.1, 0.15) is 29.8 Å². The van der Waals surface area contributed by atoms with Crippen molar-refractivity contribution in [1.29, 1.82) is 0 Å². The van der Waals surface area contributed by atoms with Crippen LogP contribution in [-0.2, 0) is 0 Å². The minimum Gasteiger partial charge on any atom is -0.319 e. The Kier molecular flexibility index (Phi) is 3.64. The van der Waals surface area contributed by atoms with Crippen molar-refractivity contribution in [2.75, 3.05) is 13.6 Å². The van der Waals surface area contributed by atoms with E-state index in [9.17, 15) is 4.79 Å². The highest BCUT2D eigenvalue weighted by Crippen LogP contribution is 2.21. The number of nitrogens with one attached hydrogen (secondary N) is 1. The summed E-state index contributed by atoms with van der Waals surface area (Å²) < 4.78 is 0. The van der Waals surface area contributed by atoms with E-state index in [-0.39, 0.29) is 11.2 Å². The van der Waals surface area contributed by atoms with E-state index in [0.717, 1.165) is 5.56 Å². The van der Waals surface area contributed by atoms with Crippen molar-refractivity contribution in [2.45, 2.75) is 20.8 Å². The number of Topliss-reactive ketones (excluding diaryl/α,β-unsaturated/α-hetero) is 1. The molecule has 0 unspecified atom stereocenters. The molecule has 0 aliphatic heterocycles. The zero-order valence-corrected chi connectivity index (χ0v) is 9.92. The van der Waals surface area contributed by atoms with Gasteiger partial charge in [0.05, 0.1) is 0 Å². The Labute approximate surface area is 91.7 Å². The second kappa shape index (κ2) is 4.58. The van der Waals surface area contributed by atoms with E-state index in [4.69, 9.17) is 0 Å². The summed E-state index contributed by atoms with van der Waals surface area (Å²) in [6.07, 6.45) is 0. The van der Waals surface area contributed by atoms with Gasteiger partial charge in [0.1, 0.15) is 0 Å². The molecule has 0 aliphatic carbocycles. The molecule has 0 saturated heterocycles. The van der Waals surface area contributed by atoms with Gasteiger partial charge in [0, 0.05) is 17.5 Å². The zero-order valence-electron chi connectivity index (χ0n) is 9.92. The van der Waals surface area contributed by atoms with Crippen LogP contribution in [0.25, 0.3) is 0 Å². The fraction of sp³-hybridized carbons (Fsp3) is 0.462. The maximum absolute atomic E-state index is 12.1. The number of hydrogen-bond acceptors (Lipinski definition) is 2. The van der Waals surface area contributed by atoms with E-state index in [2.05, 4.69) is 5.32 Å². The first-order valence-corrected chi connectivity index (χ1v) is 5.23. The van der Waals surface area contributed by atoms with Gasteiger partial charge in [0.2, 0.25) is 0 Å². The molecule has 0 fully saturated rings. The standard InChI is InChI=1S/C13H19NO/c1-10-5-7-11(8-6-10)12(15)13(2,3)9-14-4/h5-8,14H,9H2,1-4H3. The van der Waals surface area contributed by atoms with Crippen LogP contribution >= 0.6 is 0 Å².